The van der Waals surface area contributed by atoms with Gasteiger partial charge in [-0.25, -0.2) is 0 Å². The van der Waals surface area contributed by atoms with E-state index in [1.54, 1.807) is 0 Å². The van der Waals surface area contributed by atoms with Gasteiger partial charge >= 0.3 is 0 Å². The molecule has 0 aliphatic rings. The zero-order valence-electron chi connectivity index (χ0n) is 28.3. The Morgan fingerprint density at radius 1 is 0.200 bits per heavy atom. The summed E-state index contributed by atoms with van der Waals surface area (Å²) < 4.78 is 11.7. The minimum absolute atomic E-state index is 0.957. The predicted molar refractivity (Wildman–Crippen MR) is 181 cm³/mol. The van der Waals surface area contributed by atoms with E-state index in [0.717, 1.165) is 26.4 Å². The first-order chi connectivity index (χ1) is 19.9. The first-order valence-corrected chi connectivity index (χ1v) is 19.1. The molecule has 40 heavy (non-hydrogen) atoms. The summed E-state index contributed by atoms with van der Waals surface area (Å²) in [6, 6.07) is 0. The van der Waals surface area contributed by atoms with Crippen molar-refractivity contribution in [3.8, 4) is 0 Å². The van der Waals surface area contributed by atoms with Crippen LogP contribution in [0.15, 0.2) is 0 Å². The van der Waals surface area contributed by atoms with Gasteiger partial charge < -0.3 is 9.47 Å². The SMILES string of the molecule is CCCCCCCCCCCCCCCCOCCCCCCOCCCCCCCCCCCCCCCC. The van der Waals surface area contributed by atoms with Crippen LogP contribution in [0.25, 0.3) is 0 Å². The second-order valence-corrected chi connectivity index (χ2v) is 12.8. The maximum Gasteiger partial charge on any atom is 0.0466 e. The van der Waals surface area contributed by atoms with Crippen molar-refractivity contribution >= 4 is 0 Å². The van der Waals surface area contributed by atoms with Gasteiger partial charge in [0.05, 0.1) is 0 Å². The van der Waals surface area contributed by atoms with E-state index in [4.69, 9.17) is 9.47 Å². The molecule has 2 heteroatoms. The molecule has 242 valence electrons. The molecule has 0 aliphatic carbocycles. The monoisotopic (exact) mass is 567 g/mol. The molecule has 0 aromatic rings. The smallest absolute Gasteiger partial charge is 0.0466 e. The third kappa shape index (κ3) is 37.9. The van der Waals surface area contributed by atoms with E-state index in [0.29, 0.717) is 0 Å². The highest BCUT2D eigenvalue weighted by Gasteiger charge is 1.97. The molecule has 0 N–H and O–H groups in total. The topological polar surface area (TPSA) is 18.5 Å². The molecule has 0 unspecified atom stereocenters. The molecule has 0 aliphatic heterocycles. The van der Waals surface area contributed by atoms with Crippen LogP contribution in [0.5, 0.6) is 0 Å². The molecule has 0 rings (SSSR count). The van der Waals surface area contributed by atoms with Crippen LogP contribution < -0.4 is 0 Å². The lowest BCUT2D eigenvalue weighted by Crippen LogP contribution is -1.99. The van der Waals surface area contributed by atoms with Crippen LogP contribution in [0.4, 0.5) is 0 Å². The summed E-state index contributed by atoms with van der Waals surface area (Å²) in [6.07, 6.45) is 44.8. The standard InChI is InChI=1S/C38H78O2/c1-3-5-7-9-11-13-15-17-19-21-23-25-27-31-35-39-37-33-29-30-34-38-40-36-32-28-26-24-22-20-18-16-14-12-10-8-6-4-2/h3-38H2,1-2H3. The van der Waals surface area contributed by atoms with E-state index in [-0.39, 0.29) is 0 Å². The summed E-state index contributed by atoms with van der Waals surface area (Å²) >= 11 is 0. The van der Waals surface area contributed by atoms with E-state index in [1.165, 1.54) is 205 Å². The number of rotatable bonds is 37. The predicted octanol–water partition coefficient (Wildman–Crippen LogP) is 13.5. The van der Waals surface area contributed by atoms with E-state index in [1.807, 2.05) is 0 Å². The first kappa shape index (κ1) is 39.9. The van der Waals surface area contributed by atoms with Gasteiger partial charge in [-0.15, -0.1) is 0 Å². The van der Waals surface area contributed by atoms with Crippen molar-refractivity contribution in [1.82, 2.24) is 0 Å². The van der Waals surface area contributed by atoms with Crippen LogP contribution in [-0.4, -0.2) is 26.4 Å². The van der Waals surface area contributed by atoms with E-state index >= 15 is 0 Å². The van der Waals surface area contributed by atoms with Crippen molar-refractivity contribution in [2.45, 2.75) is 219 Å². The number of unbranched alkanes of at least 4 members (excludes halogenated alkanes) is 29. The third-order valence-corrected chi connectivity index (χ3v) is 8.61. The Bertz CT molecular complexity index is 372. The molecule has 0 atom stereocenters. The Morgan fingerprint density at radius 3 is 0.525 bits per heavy atom. The maximum atomic E-state index is 5.85. The van der Waals surface area contributed by atoms with Crippen LogP contribution in [0.1, 0.15) is 219 Å². The Balaban J connectivity index is 3.01. The average molecular weight is 567 g/mol. The quantitative estimate of drug-likeness (QED) is 0.0696. The highest BCUT2D eigenvalue weighted by Crippen LogP contribution is 2.14. The average Bonchev–Trinajstić information content (AvgIpc) is 2.97. The summed E-state index contributed by atoms with van der Waals surface area (Å²) in [5.74, 6) is 0. The zero-order chi connectivity index (χ0) is 28.9. The van der Waals surface area contributed by atoms with E-state index in [9.17, 15) is 0 Å². The van der Waals surface area contributed by atoms with Gasteiger partial charge in [0.15, 0.2) is 0 Å². The van der Waals surface area contributed by atoms with Crippen molar-refractivity contribution in [3.05, 3.63) is 0 Å². The fourth-order valence-corrected chi connectivity index (χ4v) is 5.76. The highest BCUT2D eigenvalue weighted by molar-refractivity contribution is 4.51. The molecule has 0 heterocycles. The lowest BCUT2D eigenvalue weighted by atomic mass is 10.0. The largest absolute Gasteiger partial charge is 0.381 e. The summed E-state index contributed by atoms with van der Waals surface area (Å²) in [7, 11) is 0. The molecule has 0 amide bonds. The van der Waals surface area contributed by atoms with E-state index in [2.05, 4.69) is 13.8 Å². The van der Waals surface area contributed by atoms with Crippen molar-refractivity contribution in [2.24, 2.45) is 0 Å². The summed E-state index contributed by atoms with van der Waals surface area (Å²) in [5, 5.41) is 0. The van der Waals surface area contributed by atoms with Gasteiger partial charge in [-0.1, -0.05) is 194 Å². The fourth-order valence-electron chi connectivity index (χ4n) is 5.76. The molecule has 0 spiro atoms. The zero-order valence-corrected chi connectivity index (χ0v) is 28.3. The lowest BCUT2D eigenvalue weighted by Gasteiger charge is -2.06. The van der Waals surface area contributed by atoms with Crippen molar-refractivity contribution in [3.63, 3.8) is 0 Å². The summed E-state index contributed by atoms with van der Waals surface area (Å²) in [6.45, 7) is 8.46. The number of ether oxygens (including phenoxy) is 2. The van der Waals surface area contributed by atoms with Crippen molar-refractivity contribution in [1.29, 1.82) is 0 Å². The van der Waals surface area contributed by atoms with Gasteiger partial charge in [0, 0.05) is 26.4 Å². The van der Waals surface area contributed by atoms with Gasteiger partial charge in [0.1, 0.15) is 0 Å². The molecule has 2 nitrogen and oxygen atoms in total. The van der Waals surface area contributed by atoms with Gasteiger partial charge in [-0.3, -0.25) is 0 Å². The Morgan fingerprint density at radius 2 is 0.350 bits per heavy atom. The minimum Gasteiger partial charge on any atom is -0.381 e. The molecule has 0 saturated heterocycles. The van der Waals surface area contributed by atoms with Crippen LogP contribution in [0.3, 0.4) is 0 Å². The summed E-state index contributed by atoms with van der Waals surface area (Å²) in [4.78, 5) is 0. The maximum absolute atomic E-state index is 5.85. The van der Waals surface area contributed by atoms with Gasteiger partial charge in [0.25, 0.3) is 0 Å². The second-order valence-electron chi connectivity index (χ2n) is 12.8. The van der Waals surface area contributed by atoms with Crippen molar-refractivity contribution in [2.75, 3.05) is 26.4 Å². The molecule has 0 aromatic heterocycles. The van der Waals surface area contributed by atoms with Crippen LogP contribution in [0, 0.1) is 0 Å². The first-order valence-electron chi connectivity index (χ1n) is 19.1. The van der Waals surface area contributed by atoms with Crippen LogP contribution in [-0.2, 0) is 9.47 Å². The minimum atomic E-state index is 0.957. The Hall–Kier alpha value is -0.0800. The molecule has 0 radical (unpaired) electrons. The lowest BCUT2D eigenvalue weighted by molar-refractivity contribution is 0.117. The summed E-state index contributed by atoms with van der Waals surface area (Å²) in [5.41, 5.74) is 0. The molecule has 0 fully saturated rings. The normalized spacial score (nSPS) is 11.6. The number of hydrogen-bond donors (Lipinski definition) is 0. The van der Waals surface area contributed by atoms with Gasteiger partial charge in [-0.05, 0) is 25.7 Å². The second kappa shape index (κ2) is 38.9. The van der Waals surface area contributed by atoms with Crippen molar-refractivity contribution < 1.29 is 9.47 Å². The molecular weight excluding hydrogens is 488 g/mol. The fraction of sp³-hybridized carbons (Fsp3) is 1.00. The Labute approximate surface area is 254 Å². The van der Waals surface area contributed by atoms with Gasteiger partial charge in [0.2, 0.25) is 0 Å². The number of hydrogen-bond acceptors (Lipinski definition) is 2. The molecule has 0 bridgehead atoms. The third-order valence-electron chi connectivity index (χ3n) is 8.61. The Kier molecular flexibility index (Phi) is 38.8. The highest BCUT2D eigenvalue weighted by atomic mass is 16.5. The molecule has 0 aromatic carbocycles. The molecular formula is C38H78O2. The van der Waals surface area contributed by atoms with E-state index < -0.39 is 0 Å². The van der Waals surface area contributed by atoms with Gasteiger partial charge in [-0.2, -0.15) is 0 Å². The van der Waals surface area contributed by atoms with Crippen LogP contribution in [0.2, 0.25) is 0 Å². The van der Waals surface area contributed by atoms with Crippen LogP contribution >= 0.6 is 0 Å². The molecule has 0 saturated carbocycles.